The molecule has 0 unspecified atom stereocenters. The summed E-state index contributed by atoms with van der Waals surface area (Å²) in [4.78, 5) is 0. The number of aromatic nitrogens is 2. The van der Waals surface area contributed by atoms with Crippen LogP contribution in [-0.2, 0) is 13.6 Å². The number of nitrogens with one attached hydrogen (secondary N) is 1. The lowest BCUT2D eigenvalue weighted by molar-refractivity contribution is 0.415. The number of aryl methyl sites for hydroxylation is 1. The van der Waals surface area contributed by atoms with Crippen LogP contribution in [0.15, 0.2) is 30.5 Å². The van der Waals surface area contributed by atoms with Gasteiger partial charge in [0, 0.05) is 37.0 Å². The quantitative estimate of drug-likeness (QED) is 0.897. The van der Waals surface area contributed by atoms with Gasteiger partial charge in [0.2, 0.25) is 0 Å². The molecule has 0 saturated carbocycles. The summed E-state index contributed by atoms with van der Waals surface area (Å²) in [7, 11) is 3.62. The van der Waals surface area contributed by atoms with Crippen molar-refractivity contribution in [2.24, 2.45) is 7.05 Å². The predicted molar refractivity (Wildman–Crippen MR) is 77.2 cm³/mol. The van der Waals surface area contributed by atoms with Crippen molar-refractivity contribution in [1.82, 2.24) is 15.1 Å². The summed E-state index contributed by atoms with van der Waals surface area (Å²) in [6.07, 6.45) is 2.06. The van der Waals surface area contributed by atoms with Gasteiger partial charge in [0.05, 0.1) is 12.8 Å². The Morgan fingerprint density at radius 3 is 2.53 bits per heavy atom. The third kappa shape index (κ3) is 3.35. The molecule has 1 heterocycles. The van der Waals surface area contributed by atoms with Gasteiger partial charge in [-0.15, -0.1) is 0 Å². The van der Waals surface area contributed by atoms with Crippen molar-refractivity contribution in [2.75, 3.05) is 7.11 Å². The normalized spacial score (nSPS) is 11.0. The van der Waals surface area contributed by atoms with Crippen LogP contribution in [0.3, 0.4) is 0 Å². The fourth-order valence-electron chi connectivity index (χ4n) is 1.97. The van der Waals surface area contributed by atoms with E-state index >= 15 is 0 Å². The zero-order valence-electron chi connectivity index (χ0n) is 12.0. The Bertz CT molecular complexity index is 529. The van der Waals surface area contributed by atoms with Crippen LogP contribution in [-0.4, -0.2) is 22.9 Å². The van der Waals surface area contributed by atoms with Crippen molar-refractivity contribution in [1.29, 1.82) is 0 Å². The second kappa shape index (κ2) is 5.89. The summed E-state index contributed by atoms with van der Waals surface area (Å²) < 4.78 is 7.04. The van der Waals surface area contributed by atoms with Crippen LogP contribution >= 0.6 is 0 Å². The van der Waals surface area contributed by atoms with Gasteiger partial charge in [-0.3, -0.25) is 4.68 Å². The molecule has 102 valence electrons. The maximum atomic E-state index is 5.18. The zero-order chi connectivity index (χ0) is 13.8. The highest BCUT2D eigenvalue weighted by Gasteiger charge is 2.10. The van der Waals surface area contributed by atoms with Crippen molar-refractivity contribution in [3.63, 3.8) is 0 Å². The van der Waals surface area contributed by atoms with E-state index in [0.717, 1.165) is 23.6 Å². The topological polar surface area (TPSA) is 39.1 Å². The molecular weight excluding hydrogens is 238 g/mol. The minimum atomic E-state index is 0.462. The molecule has 1 N–H and O–H groups in total. The number of rotatable bonds is 5. The first kappa shape index (κ1) is 13.6. The van der Waals surface area contributed by atoms with E-state index in [9.17, 15) is 0 Å². The molecule has 0 saturated heterocycles. The van der Waals surface area contributed by atoms with E-state index in [4.69, 9.17) is 4.74 Å². The molecule has 1 aromatic carbocycles. The Morgan fingerprint density at radius 1 is 1.26 bits per heavy atom. The van der Waals surface area contributed by atoms with Gasteiger partial charge in [-0.2, -0.15) is 5.10 Å². The lowest BCUT2D eigenvalue weighted by atomic mass is 10.1. The van der Waals surface area contributed by atoms with Crippen LogP contribution in [0.2, 0.25) is 0 Å². The highest BCUT2D eigenvalue weighted by molar-refractivity contribution is 5.63. The zero-order valence-corrected chi connectivity index (χ0v) is 12.0. The van der Waals surface area contributed by atoms with Crippen molar-refractivity contribution in [3.05, 3.63) is 36.0 Å². The molecule has 1 aromatic heterocycles. The van der Waals surface area contributed by atoms with E-state index < -0.39 is 0 Å². The molecule has 2 aromatic rings. The molecule has 4 heteroatoms. The van der Waals surface area contributed by atoms with Gasteiger partial charge >= 0.3 is 0 Å². The van der Waals surface area contributed by atoms with Gasteiger partial charge in [-0.25, -0.2) is 0 Å². The second-order valence-corrected chi connectivity index (χ2v) is 4.94. The van der Waals surface area contributed by atoms with Crippen molar-refractivity contribution in [2.45, 2.75) is 26.4 Å². The number of benzene rings is 1. The predicted octanol–water partition coefficient (Wildman–Crippen LogP) is 2.59. The molecule has 0 aliphatic carbocycles. The Kier molecular flexibility index (Phi) is 4.22. The fourth-order valence-corrected chi connectivity index (χ4v) is 1.97. The molecule has 0 bridgehead atoms. The highest BCUT2D eigenvalue weighted by atomic mass is 16.5. The Balaban J connectivity index is 2.27. The van der Waals surface area contributed by atoms with Gasteiger partial charge in [0.1, 0.15) is 5.75 Å². The Morgan fingerprint density at radius 2 is 1.95 bits per heavy atom. The van der Waals surface area contributed by atoms with Crippen LogP contribution in [0.1, 0.15) is 19.4 Å². The maximum Gasteiger partial charge on any atom is 0.118 e. The van der Waals surface area contributed by atoms with Crippen LogP contribution in [0, 0.1) is 0 Å². The standard InChI is InChI=1S/C15H21N3O/c1-11(2)16-9-13-10-18(3)17-15(13)12-5-7-14(19-4)8-6-12/h5-8,10-11,16H,9H2,1-4H3. The van der Waals surface area contributed by atoms with Crippen LogP contribution < -0.4 is 10.1 Å². The fraction of sp³-hybridized carbons (Fsp3) is 0.400. The largest absolute Gasteiger partial charge is 0.497 e. The van der Waals surface area contributed by atoms with Gasteiger partial charge in [-0.05, 0) is 24.3 Å². The molecule has 0 aliphatic rings. The van der Waals surface area contributed by atoms with Gasteiger partial charge in [0.25, 0.3) is 0 Å². The summed E-state index contributed by atoms with van der Waals surface area (Å²) in [6.45, 7) is 5.11. The molecule has 0 spiro atoms. The van der Waals surface area contributed by atoms with Crippen molar-refractivity contribution < 1.29 is 4.74 Å². The minimum absolute atomic E-state index is 0.462. The van der Waals surface area contributed by atoms with E-state index in [-0.39, 0.29) is 0 Å². The first-order valence-corrected chi connectivity index (χ1v) is 6.50. The second-order valence-electron chi connectivity index (χ2n) is 4.94. The SMILES string of the molecule is COc1ccc(-c2nn(C)cc2CNC(C)C)cc1. The third-order valence-corrected chi connectivity index (χ3v) is 2.97. The summed E-state index contributed by atoms with van der Waals surface area (Å²) in [5.74, 6) is 0.863. The van der Waals surface area contributed by atoms with E-state index in [1.54, 1.807) is 7.11 Å². The van der Waals surface area contributed by atoms with Crippen LogP contribution in [0.5, 0.6) is 5.75 Å². The van der Waals surface area contributed by atoms with Gasteiger partial charge in [-0.1, -0.05) is 13.8 Å². The van der Waals surface area contributed by atoms with Crippen molar-refractivity contribution >= 4 is 0 Å². The monoisotopic (exact) mass is 259 g/mol. The number of ether oxygens (including phenoxy) is 1. The Labute approximate surface area is 114 Å². The lowest BCUT2D eigenvalue weighted by Crippen LogP contribution is -2.21. The third-order valence-electron chi connectivity index (χ3n) is 2.97. The molecule has 0 atom stereocenters. The summed E-state index contributed by atoms with van der Waals surface area (Å²) in [5.41, 5.74) is 3.35. The van der Waals surface area contributed by atoms with E-state index in [2.05, 4.69) is 30.5 Å². The first-order chi connectivity index (χ1) is 9.10. The average Bonchev–Trinajstić information content (AvgIpc) is 2.78. The molecular formula is C15H21N3O. The number of hydrogen-bond donors (Lipinski definition) is 1. The van der Waals surface area contributed by atoms with Gasteiger partial charge < -0.3 is 10.1 Å². The van der Waals surface area contributed by atoms with Crippen molar-refractivity contribution in [3.8, 4) is 17.0 Å². The van der Waals surface area contributed by atoms with Crippen LogP contribution in [0.4, 0.5) is 0 Å². The molecule has 0 fully saturated rings. The summed E-state index contributed by atoms with van der Waals surface area (Å²) >= 11 is 0. The molecule has 0 radical (unpaired) electrons. The molecule has 0 aliphatic heterocycles. The lowest BCUT2D eigenvalue weighted by Gasteiger charge is -2.08. The number of nitrogens with zero attached hydrogens (tertiary/aromatic N) is 2. The Hall–Kier alpha value is -1.81. The number of hydrogen-bond acceptors (Lipinski definition) is 3. The molecule has 4 nitrogen and oxygen atoms in total. The average molecular weight is 259 g/mol. The summed E-state index contributed by atoms with van der Waals surface area (Å²) in [5, 5.41) is 7.98. The minimum Gasteiger partial charge on any atom is -0.497 e. The van der Waals surface area contributed by atoms with E-state index in [1.807, 2.05) is 36.0 Å². The van der Waals surface area contributed by atoms with E-state index in [1.165, 1.54) is 5.56 Å². The molecule has 19 heavy (non-hydrogen) atoms. The van der Waals surface area contributed by atoms with E-state index in [0.29, 0.717) is 6.04 Å². The number of methoxy groups -OCH3 is 1. The highest BCUT2D eigenvalue weighted by Crippen LogP contribution is 2.24. The molecule has 2 rings (SSSR count). The maximum absolute atomic E-state index is 5.18. The van der Waals surface area contributed by atoms with Crippen LogP contribution in [0.25, 0.3) is 11.3 Å². The smallest absolute Gasteiger partial charge is 0.118 e. The summed E-state index contributed by atoms with van der Waals surface area (Å²) in [6, 6.07) is 8.47. The van der Waals surface area contributed by atoms with Gasteiger partial charge in [0.15, 0.2) is 0 Å². The molecule has 0 amide bonds. The first-order valence-electron chi connectivity index (χ1n) is 6.50.